The first-order valence-electron chi connectivity index (χ1n) is 7.93. The van der Waals surface area contributed by atoms with E-state index in [-0.39, 0.29) is 23.1 Å². The Hall–Kier alpha value is -2.52. The summed E-state index contributed by atoms with van der Waals surface area (Å²) in [6, 6.07) is 11.7. The second-order valence-electron chi connectivity index (χ2n) is 6.00. The maximum Gasteiger partial charge on any atom is 0.387 e. The topological polar surface area (TPSA) is 66.9 Å². The second kappa shape index (κ2) is 8.45. The first-order chi connectivity index (χ1) is 12.6. The van der Waals surface area contributed by atoms with E-state index in [4.69, 9.17) is 0 Å². The van der Waals surface area contributed by atoms with Crippen molar-refractivity contribution in [3.8, 4) is 5.75 Å². The summed E-state index contributed by atoms with van der Waals surface area (Å²) in [5.74, 6) is -0.253. The normalized spacial score (nSPS) is 11.7. The third kappa shape index (κ3) is 5.24. The zero-order chi connectivity index (χ0) is 20.2. The Morgan fingerprint density at radius 3 is 2.04 bits per heavy atom. The zero-order valence-corrected chi connectivity index (χ0v) is 15.9. The van der Waals surface area contributed by atoms with E-state index in [2.05, 4.69) is 4.74 Å². The van der Waals surface area contributed by atoms with Crippen LogP contribution in [0.15, 0.2) is 53.4 Å². The Balaban J connectivity index is 2.06. The molecule has 0 heterocycles. The summed E-state index contributed by atoms with van der Waals surface area (Å²) in [6.07, 6.45) is 0. The van der Waals surface area contributed by atoms with Gasteiger partial charge in [0.25, 0.3) is 5.91 Å². The van der Waals surface area contributed by atoms with Gasteiger partial charge in [-0.3, -0.25) is 4.79 Å². The molecule has 27 heavy (non-hydrogen) atoms. The van der Waals surface area contributed by atoms with Crippen molar-refractivity contribution in [3.05, 3.63) is 59.7 Å². The SMILES string of the molecule is CN(Cc1ccc(OC(F)F)cc1)C(=O)c1ccc(S(=O)(=O)N(C)C)cc1. The van der Waals surface area contributed by atoms with Gasteiger partial charge in [-0.15, -0.1) is 0 Å². The van der Waals surface area contributed by atoms with Gasteiger partial charge >= 0.3 is 6.61 Å². The van der Waals surface area contributed by atoms with Crippen LogP contribution in [0.25, 0.3) is 0 Å². The lowest BCUT2D eigenvalue weighted by Crippen LogP contribution is -2.26. The third-order valence-corrected chi connectivity index (χ3v) is 5.62. The highest BCUT2D eigenvalue weighted by molar-refractivity contribution is 7.89. The first kappa shape index (κ1) is 20.8. The van der Waals surface area contributed by atoms with E-state index < -0.39 is 16.6 Å². The number of hydrogen-bond donors (Lipinski definition) is 0. The Bertz CT molecular complexity index is 883. The minimum absolute atomic E-state index is 0.0421. The molecule has 0 bridgehead atoms. The van der Waals surface area contributed by atoms with Gasteiger partial charge in [-0.25, -0.2) is 12.7 Å². The summed E-state index contributed by atoms with van der Waals surface area (Å²) >= 11 is 0. The Morgan fingerprint density at radius 2 is 1.56 bits per heavy atom. The largest absolute Gasteiger partial charge is 0.435 e. The molecule has 0 spiro atoms. The number of ether oxygens (including phenoxy) is 1. The van der Waals surface area contributed by atoms with Crippen molar-refractivity contribution >= 4 is 15.9 Å². The zero-order valence-electron chi connectivity index (χ0n) is 15.1. The number of hydrogen-bond acceptors (Lipinski definition) is 4. The van der Waals surface area contributed by atoms with Crippen molar-refractivity contribution in [1.29, 1.82) is 0 Å². The molecular formula is C18H20F2N2O4S. The average Bonchev–Trinajstić information content (AvgIpc) is 2.62. The summed E-state index contributed by atoms with van der Waals surface area (Å²) in [5.41, 5.74) is 1.08. The predicted octanol–water partition coefficient (Wildman–Crippen LogP) is 2.81. The van der Waals surface area contributed by atoms with E-state index in [9.17, 15) is 22.0 Å². The molecule has 146 valence electrons. The van der Waals surface area contributed by atoms with Crippen LogP contribution >= 0.6 is 0 Å². The van der Waals surface area contributed by atoms with Crippen molar-refractivity contribution in [2.24, 2.45) is 0 Å². The third-order valence-electron chi connectivity index (χ3n) is 3.79. The van der Waals surface area contributed by atoms with Crippen molar-refractivity contribution in [2.75, 3.05) is 21.1 Å². The minimum Gasteiger partial charge on any atom is -0.435 e. The summed E-state index contributed by atoms with van der Waals surface area (Å²) in [7, 11) is 0.897. The standard InChI is InChI=1S/C18H20F2N2O4S/c1-21(2)27(24,25)16-10-6-14(7-11-16)17(23)22(3)12-13-4-8-15(9-5-13)26-18(19)20/h4-11,18H,12H2,1-3H3. The van der Waals surface area contributed by atoms with Gasteiger partial charge in [-0.1, -0.05) is 12.1 Å². The molecule has 0 aliphatic rings. The van der Waals surface area contributed by atoms with Gasteiger partial charge in [-0.2, -0.15) is 8.78 Å². The molecule has 1 amide bonds. The molecule has 0 fully saturated rings. The number of halogens is 2. The smallest absolute Gasteiger partial charge is 0.387 e. The molecule has 0 aromatic heterocycles. The fourth-order valence-electron chi connectivity index (χ4n) is 2.32. The molecule has 0 atom stereocenters. The number of rotatable bonds is 7. The van der Waals surface area contributed by atoms with E-state index in [1.165, 1.54) is 55.4 Å². The maximum atomic E-state index is 12.5. The summed E-state index contributed by atoms with van der Waals surface area (Å²) in [5, 5.41) is 0. The van der Waals surface area contributed by atoms with Crippen molar-refractivity contribution in [3.63, 3.8) is 0 Å². The fourth-order valence-corrected chi connectivity index (χ4v) is 3.22. The fraction of sp³-hybridized carbons (Fsp3) is 0.278. The first-order valence-corrected chi connectivity index (χ1v) is 9.37. The minimum atomic E-state index is -3.56. The maximum absolute atomic E-state index is 12.5. The van der Waals surface area contributed by atoms with Gasteiger partial charge in [0.2, 0.25) is 10.0 Å². The van der Waals surface area contributed by atoms with Gasteiger partial charge in [0.15, 0.2) is 0 Å². The molecule has 9 heteroatoms. The highest BCUT2D eigenvalue weighted by Crippen LogP contribution is 2.18. The second-order valence-corrected chi connectivity index (χ2v) is 8.15. The number of nitrogens with zero attached hydrogens (tertiary/aromatic N) is 2. The molecule has 0 unspecified atom stereocenters. The number of benzene rings is 2. The lowest BCUT2D eigenvalue weighted by molar-refractivity contribution is -0.0498. The Labute approximate surface area is 157 Å². The van der Waals surface area contributed by atoms with Crippen molar-refractivity contribution in [2.45, 2.75) is 18.1 Å². The molecule has 2 aromatic carbocycles. The summed E-state index contributed by atoms with van der Waals surface area (Å²) in [6.45, 7) is -2.63. The predicted molar refractivity (Wildman–Crippen MR) is 96.2 cm³/mol. The highest BCUT2D eigenvalue weighted by Gasteiger charge is 2.18. The van der Waals surface area contributed by atoms with E-state index >= 15 is 0 Å². The number of alkyl halides is 2. The number of carbonyl (C=O) groups excluding carboxylic acids is 1. The van der Waals surface area contributed by atoms with E-state index in [1.807, 2.05) is 0 Å². The van der Waals surface area contributed by atoms with Crippen LogP contribution < -0.4 is 4.74 Å². The molecule has 0 radical (unpaired) electrons. The molecule has 2 rings (SSSR count). The summed E-state index contributed by atoms with van der Waals surface area (Å²) < 4.78 is 53.8. The van der Waals surface area contributed by atoms with Crippen molar-refractivity contribution < 1.29 is 26.7 Å². The van der Waals surface area contributed by atoms with Crippen LogP contribution in [0.1, 0.15) is 15.9 Å². The highest BCUT2D eigenvalue weighted by atomic mass is 32.2. The van der Waals surface area contributed by atoms with Crippen LogP contribution in [-0.2, 0) is 16.6 Å². The number of carbonyl (C=O) groups is 1. The molecule has 6 nitrogen and oxygen atoms in total. The van der Waals surface area contributed by atoms with Crippen LogP contribution in [0.5, 0.6) is 5.75 Å². The molecule has 0 N–H and O–H groups in total. The van der Waals surface area contributed by atoms with Crippen LogP contribution in [0.4, 0.5) is 8.78 Å². The molecular weight excluding hydrogens is 378 g/mol. The van der Waals surface area contributed by atoms with Crippen molar-refractivity contribution in [1.82, 2.24) is 9.21 Å². The van der Waals surface area contributed by atoms with Crippen LogP contribution in [0.3, 0.4) is 0 Å². The monoisotopic (exact) mass is 398 g/mol. The molecule has 2 aromatic rings. The van der Waals surface area contributed by atoms with Crippen LogP contribution in [0.2, 0.25) is 0 Å². The van der Waals surface area contributed by atoms with E-state index in [0.717, 1.165) is 9.87 Å². The van der Waals surface area contributed by atoms with Gasteiger partial charge in [0, 0.05) is 33.3 Å². The average molecular weight is 398 g/mol. The molecule has 0 saturated carbocycles. The molecule has 0 saturated heterocycles. The Morgan fingerprint density at radius 1 is 1.00 bits per heavy atom. The van der Waals surface area contributed by atoms with Gasteiger partial charge < -0.3 is 9.64 Å². The van der Waals surface area contributed by atoms with Gasteiger partial charge in [0.05, 0.1) is 4.90 Å². The van der Waals surface area contributed by atoms with Crippen LogP contribution in [0, 0.1) is 0 Å². The Kier molecular flexibility index (Phi) is 6.50. The quantitative estimate of drug-likeness (QED) is 0.719. The van der Waals surface area contributed by atoms with Gasteiger partial charge in [-0.05, 0) is 42.0 Å². The van der Waals surface area contributed by atoms with E-state index in [1.54, 1.807) is 19.2 Å². The summed E-state index contributed by atoms with van der Waals surface area (Å²) in [4.78, 5) is 14.0. The lowest BCUT2D eigenvalue weighted by Gasteiger charge is -2.18. The number of amides is 1. The molecule has 0 aliphatic carbocycles. The molecule has 0 aliphatic heterocycles. The van der Waals surface area contributed by atoms with Gasteiger partial charge in [0.1, 0.15) is 5.75 Å². The van der Waals surface area contributed by atoms with E-state index in [0.29, 0.717) is 5.56 Å². The lowest BCUT2D eigenvalue weighted by atomic mass is 10.1. The van der Waals surface area contributed by atoms with Crippen LogP contribution in [-0.4, -0.2) is 51.3 Å². The number of sulfonamides is 1.